The summed E-state index contributed by atoms with van der Waals surface area (Å²) >= 11 is 6.08. The van der Waals surface area contributed by atoms with E-state index in [9.17, 15) is 13.6 Å². The van der Waals surface area contributed by atoms with Gasteiger partial charge in [0.2, 0.25) is 0 Å². The number of aromatic amines is 1. The Labute approximate surface area is 169 Å². The molecule has 1 unspecified atom stereocenters. The highest BCUT2D eigenvalue weighted by Gasteiger charge is 2.19. The summed E-state index contributed by atoms with van der Waals surface area (Å²) in [4.78, 5) is 18.8. The third kappa shape index (κ3) is 4.25. The first-order chi connectivity index (χ1) is 14.0. The number of pyridine rings is 1. The van der Waals surface area contributed by atoms with Crippen molar-refractivity contribution in [2.24, 2.45) is 0 Å². The van der Waals surface area contributed by atoms with Crippen LogP contribution < -0.4 is 15.4 Å². The molecule has 0 saturated carbocycles. The van der Waals surface area contributed by atoms with Gasteiger partial charge in [0.15, 0.2) is 17.4 Å². The van der Waals surface area contributed by atoms with E-state index in [0.717, 1.165) is 25.0 Å². The van der Waals surface area contributed by atoms with Gasteiger partial charge in [-0.2, -0.15) is 0 Å². The second kappa shape index (κ2) is 8.22. The molecular weight excluding hydrogens is 406 g/mol. The van der Waals surface area contributed by atoms with Crippen LogP contribution in [0.3, 0.4) is 0 Å². The van der Waals surface area contributed by atoms with E-state index in [1.54, 1.807) is 0 Å². The number of aromatic nitrogens is 2. The maximum absolute atomic E-state index is 14.5. The van der Waals surface area contributed by atoms with Gasteiger partial charge < -0.3 is 25.1 Å². The van der Waals surface area contributed by atoms with Gasteiger partial charge in [0.25, 0.3) is 0 Å². The van der Waals surface area contributed by atoms with Gasteiger partial charge in [0.1, 0.15) is 11.4 Å². The minimum Gasteiger partial charge on any atom is -0.450 e. The van der Waals surface area contributed by atoms with Crippen molar-refractivity contribution in [3.63, 3.8) is 0 Å². The number of nitrogens with zero attached hydrogens (tertiary/aromatic N) is 1. The van der Waals surface area contributed by atoms with Crippen LogP contribution in [0.25, 0.3) is 11.0 Å². The second-order valence-electron chi connectivity index (χ2n) is 6.51. The quantitative estimate of drug-likeness (QED) is 0.561. The number of carbonyl (C=O) groups excluding carboxylic acids is 1. The van der Waals surface area contributed by atoms with E-state index in [2.05, 4.69) is 20.6 Å². The first kappa shape index (κ1) is 19.4. The Morgan fingerprint density at radius 3 is 2.90 bits per heavy atom. The molecule has 0 radical (unpaired) electrons. The lowest BCUT2D eigenvalue weighted by molar-refractivity contribution is 0.112. The number of urea groups is 1. The van der Waals surface area contributed by atoms with Crippen molar-refractivity contribution in [2.45, 2.75) is 18.9 Å². The maximum Gasteiger partial charge on any atom is 0.319 e. The van der Waals surface area contributed by atoms with Gasteiger partial charge in [-0.05, 0) is 18.9 Å². The molecule has 2 aromatic heterocycles. The average Bonchev–Trinajstić information content (AvgIpc) is 3.33. The Kier molecular flexibility index (Phi) is 5.50. The standard InChI is InChI=1S/C19H17ClF2N4O3/c20-12-9-24-18-16(12)15(3-4-23-18)29-17-13(21)6-10(7-14(17)22)26-19(27)25-8-11-2-1-5-28-11/h3-4,6-7,9,11H,1-2,5,8H2,(H,23,24)(H2,25,26,27). The molecule has 1 aliphatic heterocycles. The van der Waals surface area contributed by atoms with Crippen LogP contribution in [0, 0.1) is 11.6 Å². The molecule has 29 heavy (non-hydrogen) atoms. The molecule has 3 N–H and O–H groups in total. The van der Waals surface area contributed by atoms with Crippen LogP contribution in [0.15, 0.2) is 30.6 Å². The number of carbonyl (C=O) groups is 1. The lowest BCUT2D eigenvalue weighted by Crippen LogP contribution is -2.35. The Morgan fingerprint density at radius 2 is 2.17 bits per heavy atom. The second-order valence-corrected chi connectivity index (χ2v) is 6.92. The molecule has 0 bridgehead atoms. The first-order valence-electron chi connectivity index (χ1n) is 8.96. The highest BCUT2D eigenvalue weighted by Crippen LogP contribution is 2.36. The number of fused-ring (bicyclic) bond motifs is 1. The van der Waals surface area contributed by atoms with Crippen LogP contribution in [0.2, 0.25) is 5.02 Å². The van der Waals surface area contributed by atoms with Crippen LogP contribution in [-0.4, -0.2) is 35.3 Å². The number of H-pyrrole nitrogens is 1. The number of halogens is 3. The van der Waals surface area contributed by atoms with Gasteiger partial charge in [-0.3, -0.25) is 0 Å². The zero-order valence-corrected chi connectivity index (χ0v) is 15.9. The Bertz CT molecular complexity index is 1030. The molecule has 1 aromatic carbocycles. The number of benzene rings is 1. The summed E-state index contributed by atoms with van der Waals surface area (Å²) in [6.07, 6.45) is 4.70. The maximum atomic E-state index is 14.5. The topological polar surface area (TPSA) is 88.3 Å². The minimum atomic E-state index is -0.976. The largest absolute Gasteiger partial charge is 0.450 e. The molecule has 0 spiro atoms. The summed E-state index contributed by atoms with van der Waals surface area (Å²) in [6.45, 7) is 0.997. The number of hydrogen-bond donors (Lipinski definition) is 3. The van der Waals surface area contributed by atoms with Crippen LogP contribution in [0.4, 0.5) is 19.3 Å². The van der Waals surface area contributed by atoms with Crippen LogP contribution in [0.5, 0.6) is 11.5 Å². The van der Waals surface area contributed by atoms with E-state index in [1.165, 1.54) is 18.5 Å². The summed E-state index contributed by atoms with van der Waals surface area (Å²) in [5.74, 6) is -2.42. The number of anilines is 1. The molecular formula is C19H17ClF2N4O3. The Hall–Kier alpha value is -2.91. The van der Waals surface area contributed by atoms with Gasteiger partial charge in [0.05, 0.1) is 16.5 Å². The molecule has 10 heteroatoms. The Balaban J connectivity index is 1.48. The molecule has 1 fully saturated rings. The summed E-state index contributed by atoms with van der Waals surface area (Å²) < 4.78 is 39.8. The average molecular weight is 423 g/mol. The van der Waals surface area contributed by atoms with E-state index >= 15 is 0 Å². The number of ether oxygens (including phenoxy) is 2. The monoisotopic (exact) mass is 422 g/mol. The van der Waals surface area contributed by atoms with Gasteiger partial charge in [0, 0.05) is 43.4 Å². The van der Waals surface area contributed by atoms with E-state index < -0.39 is 23.4 Å². The first-order valence-corrected chi connectivity index (χ1v) is 9.34. The normalized spacial score (nSPS) is 16.2. The van der Waals surface area contributed by atoms with Gasteiger partial charge in [-0.15, -0.1) is 0 Å². The van der Waals surface area contributed by atoms with E-state index in [4.69, 9.17) is 21.1 Å². The molecule has 152 valence electrons. The van der Waals surface area contributed by atoms with Crippen LogP contribution in [-0.2, 0) is 4.74 Å². The molecule has 3 aromatic rings. The third-order valence-electron chi connectivity index (χ3n) is 4.47. The van der Waals surface area contributed by atoms with Crippen LogP contribution >= 0.6 is 11.6 Å². The molecule has 1 atom stereocenters. The number of nitrogens with one attached hydrogen (secondary N) is 3. The molecule has 0 aliphatic carbocycles. The van der Waals surface area contributed by atoms with E-state index in [-0.39, 0.29) is 17.5 Å². The van der Waals surface area contributed by atoms with Crippen molar-refractivity contribution in [3.8, 4) is 11.5 Å². The highest BCUT2D eigenvalue weighted by atomic mass is 35.5. The number of hydrogen-bond acceptors (Lipinski definition) is 4. The van der Waals surface area contributed by atoms with Crippen LogP contribution in [0.1, 0.15) is 12.8 Å². The molecule has 4 rings (SSSR count). The number of amides is 2. The molecule has 1 saturated heterocycles. The van der Waals surface area contributed by atoms with Crippen molar-refractivity contribution in [2.75, 3.05) is 18.5 Å². The SMILES string of the molecule is O=C(NCC1CCCO1)Nc1cc(F)c(Oc2ccnc3[nH]cc(Cl)c23)c(F)c1. The molecule has 3 heterocycles. The van der Waals surface area contributed by atoms with E-state index in [1.807, 2.05) is 0 Å². The Morgan fingerprint density at radius 1 is 1.38 bits per heavy atom. The van der Waals surface area contributed by atoms with Crippen molar-refractivity contribution in [3.05, 3.63) is 47.2 Å². The van der Waals surface area contributed by atoms with Crippen molar-refractivity contribution in [1.29, 1.82) is 0 Å². The summed E-state index contributed by atoms with van der Waals surface area (Å²) in [7, 11) is 0. The number of rotatable bonds is 5. The summed E-state index contributed by atoms with van der Waals surface area (Å²) in [5, 5.41) is 5.73. The lowest BCUT2D eigenvalue weighted by atomic mass is 10.2. The summed E-state index contributed by atoms with van der Waals surface area (Å²) in [5.41, 5.74) is 0.381. The van der Waals surface area contributed by atoms with Gasteiger partial charge >= 0.3 is 6.03 Å². The summed E-state index contributed by atoms with van der Waals surface area (Å²) in [6, 6.07) is 2.82. The molecule has 1 aliphatic rings. The highest BCUT2D eigenvalue weighted by molar-refractivity contribution is 6.36. The lowest BCUT2D eigenvalue weighted by Gasteiger charge is -2.13. The predicted molar refractivity (Wildman–Crippen MR) is 104 cm³/mol. The predicted octanol–water partition coefficient (Wildman–Crippen LogP) is 4.59. The van der Waals surface area contributed by atoms with Gasteiger partial charge in [-0.1, -0.05) is 11.6 Å². The fraction of sp³-hybridized carbons (Fsp3) is 0.263. The fourth-order valence-electron chi connectivity index (χ4n) is 3.10. The van der Waals surface area contributed by atoms with E-state index in [0.29, 0.717) is 29.2 Å². The fourth-order valence-corrected chi connectivity index (χ4v) is 3.34. The van der Waals surface area contributed by atoms with Crippen molar-refractivity contribution < 1.29 is 23.0 Å². The molecule has 2 amide bonds. The smallest absolute Gasteiger partial charge is 0.319 e. The van der Waals surface area contributed by atoms with Crippen molar-refractivity contribution >= 4 is 34.4 Å². The molecule has 7 nitrogen and oxygen atoms in total. The van der Waals surface area contributed by atoms with Gasteiger partial charge in [-0.25, -0.2) is 18.6 Å². The zero-order valence-electron chi connectivity index (χ0n) is 15.1. The zero-order chi connectivity index (χ0) is 20.4. The minimum absolute atomic E-state index is 0.0394. The third-order valence-corrected chi connectivity index (χ3v) is 4.77. The van der Waals surface area contributed by atoms with Crippen molar-refractivity contribution in [1.82, 2.24) is 15.3 Å².